The van der Waals surface area contributed by atoms with Gasteiger partial charge in [0.15, 0.2) is 0 Å². The number of rotatable bonds is 4. The maximum Gasteiger partial charge on any atom is 0.0819 e. The van der Waals surface area contributed by atoms with Crippen molar-refractivity contribution in [1.82, 2.24) is 4.90 Å². The lowest BCUT2D eigenvalue weighted by Crippen LogP contribution is -2.36. The summed E-state index contributed by atoms with van der Waals surface area (Å²) < 4.78 is 0. The van der Waals surface area contributed by atoms with Crippen LogP contribution in [0.5, 0.6) is 0 Å². The first-order valence-electron chi connectivity index (χ1n) is 6.73. The molecule has 0 spiro atoms. The van der Waals surface area contributed by atoms with Gasteiger partial charge in [0.25, 0.3) is 0 Å². The number of hydrogen-bond acceptors (Lipinski definition) is 3. The van der Waals surface area contributed by atoms with Gasteiger partial charge in [-0.15, -0.1) is 0 Å². The number of aliphatic hydroxyl groups excluding tert-OH is 1. The molecule has 1 atom stereocenters. The predicted molar refractivity (Wildman–Crippen MR) is 75.8 cm³/mol. The molecule has 2 rings (SSSR count). The second kappa shape index (κ2) is 6.91. The molecule has 0 amide bonds. The minimum Gasteiger partial charge on any atom is -0.388 e. The Balaban J connectivity index is 1.87. The van der Waals surface area contributed by atoms with Crippen LogP contribution < -0.4 is 0 Å². The molecule has 3 nitrogen and oxygen atoms in total. The third-order valence-corrected chi connectivity index (χ3v) is 4.08. The molecule has 1 heterocycles. The molecule has 0 bridgehead atoms. The molecule has 102 valence electrons. The van der Waals surface area contributed by atoms with E-state index in [9.17, 15) is 5.11 Å². The average molecular weight is 279 g/mol. The van der Waals surface area contributed by atoms with Gasteiger partial charge in [0.05, 0.1) is 12.2 Å². The first-order valence-corrected chi connectivity index (χ1v) is 7.11. The minimum absolute atomic E-state index is 0.305. The van der Waals surface area contributed by atoms with Crippen molar-refractivity contribution in [2.24, 2.45) is 5.92 Å². The topological polar surface area (TPSA) is 47.3 Å². The van der Waals surface area contributed by atoms with Crippen LogP contribution in [0.1, 0.15) is 30.9 Å². The molecular weight excluding hydrogens is 260 g/mol. The highest BCUT2D eigenvalue weighted by molar-refractivity contribution is 6.30. The van der Waals surface area contributed by atoms with Crippen molar-refractivity contribution >= 4 is 11.6 Å². The lowest BCUT2D eigenvalue weighted by molar-refractivity contribution is 0.0595. The fraction of sp³-hybridized carbons (Fsp3) is 0.533. The van der Waals surface area contributed by atoms with Gasteiger partial charge in [0.2, 0.25) is 0 Å². The average Bonchev–Trinajstić information content (AvgIpc) is 2.46. The number of likely N-dealkylation sites (tertiary alicyclic amines) is 1. The van der Waals surface area contributed by atoms with E-state index in [4.69, 9.17) is 16.9 Å². The summed E-state index contributed by atoms with van der Waals surface area (Å²) in [5.74, 6) is 0.305. The Hall–Kier alpha value is -1.08. The Morgan fingerprint density at radius 1 is 1.32 bits per heavy atom. The molecule has 1 aromatic carbocycles. The van der Waals surface area contributed by atoms with Gasteiger partial charge in [-0.25, -0.2) is 0 Å². The van der Waals surface area contributed by atoms with E-state index in [1.54, 1.807) is 0 Å². The number of nitrogens with zero attached hydrogens (tertiary/aromatic N) is 2. The molecule has 1 aliphatic heterocycles. The van der Waals surface area contributed by atoms with Crippen molar-refractivity contribution < 1.29 is 5.11 Å². The Morgan fingerprint density at radius 2 is 1.95 bits per heavy atom. The van der Waals surface area contributed by atoms with Crippen LogP contribution in [-0.4, -0.2) is 29.6 Å². The monoisotopic (exact) mass is 278 g/mol. The van der Waals surface area contributed by atoms with Crippen molar-refractivity contribution in [3.8, 4) is 6.07 Å². The van der Waals surface area contributed by atoms with E-state index in [-0.39, 0.29) is 0 Å². The van der Waals surface area contributed by atoms with Crippen LogP contribution >= 0.6 is 11.6 Å². The van der Waals surface area contributed by atoms with E-state index in [1.807, 2.05) is 24.3 Å². The largest absolute Gasteiger partial charge is 0.388 e. The Kier molecular flexibility index (Phi) is 5.21. The van der Waals surface area contributed by atoms with Crippen molar-refractivity contribution in [3.05, 3.63) is 34.9 Å². The van der Waals surface area contributed by atoms with Crippen LogP contribution in [0.2, 0.25) is 5.02 Å². The Morgan fingerprint density at radius 3 is 2.53 bits per heavy atom. The Labute approximate surface area is 119 Å². The van der Waals surface area contributed by atoms with Gasteiger partial charge in [0, 0.05) is 18.0 Å². The summed E-state index contributed by atoms with van der Waals surface area (Å²) in [5, 5.41) is 19.7. The number of nitriles is 1. The first-order chi connectivity index (χ1) is 9.20. The van der Waals surface area contributed by atoms with E-state index < -0.39 is 6.10 Å². The third-order valence-electron chi connectivity index (χ3n) is 3.83. The maximum absolute atomic E-state index is 10.4. The second-order valence-corrected chi connectivity index (χ2v) is 5.52. The smallest absolute Gasteiger partial charge is 0.0819 e. The molecule has 1 fully saturated rings. The van der Waals surface area contributed by atoms with Crippen molar-refractivity contribution in [1.29, 1.82) is 5.26 Å². The molecule has 1 aromatic rings. The molecule has 1 saturated heterocycles. The summed E-state index contributed by atoms with van der Waals surface area (Å²) in [6, 6.07) is 9.62. The minimum atomic E-state index is -0.407. The fourth-order valence-corrected chi connectivity index (χ4v) is 2.76. The molecule has 0 unspecified atom stereocenters. The van der Waals surface area contributed by atoms with Gasteiger partial charge < -0.3 is 10.0 Å². The van der Waals surface area contributed by atoms with Gasteiger partial charge in [0.1, 0.15) is 0 Å². The number of halogens is 1. The zero-order valence-corrected chi connectivity index (χ0v) is 11.7. The van der Waals surface area contributed by atoms with E-state index in [2.05, 4.69) is 11.0 Å². The van der Waals surface area contributed by atoms with E-state index >= 15 is 0 Å². The van der Waals surface area contributed by atoms with Crippen molar-refractivity contribution in [2.75, 3.05) is 19.6 Å². The standard InChI is InChI=1S/C15H19ClN2O/c16-14-4-2-12(3-5-14)15(19)13-6-10-18(11-7-13)9-1-8-17/h2-5,13,15,19H,1,6-7,9-11H2/t15-/m1/s1. The van der Waals surface area contributed by atoms with E-state index in [0.29, 0.717) is 17.4 Å². The maximum atomic E-state index is 10.4. The van der Waals surface area contributed by atoms with Gasteiger partial charge >= 0.3 is 0 Å². The molecular formula is C15H19ClN2O. The number of benzene rings is 1. The second-order valence-electron chi connectivity index (χ2n) is 5.08. The van der Waals surface area contributed by atoms with Crippen LogP contribution in [0.15, 0.2) is 24.3 Å². The summed E-state index contributed by atoms with van der Waals surface area (Å²) >= 11 is 5.86. The number of hydrogen-bond donors (Lipinski definition) is 1. The van der Waals surface area contributed by atoms with Crippen LogP contribution in [-0.2, 0) is 0 Å². The fourth-order valence-electron chi connectivity index (χ4n) is 2.63. The molecule has 0 aliphatic carbocycles. The molecule has 0 radical (unpaired) electrons. The molecule has 0 saturated carbocycles. The lowest BCUT2D eigenvalue weighted by atomic mass is 9.87. The van der Waals surface area contributed by atoms with Crippen LogP contribution in [0, 0.1) is 17.2 Å². The van der Waals surface area contributed by atoms with Crippen LogP contribution in [0.3, 0.4) is 0 Å². The van der Waals surface area contributed by atoms with Gasteiger partial charge in [-0.1, -0.05) is 23.7 Å². The molecule has 1 aliphatic rings. The molecule has 1 N–H and O–H groups in total. The molecule has 0 aromatic heterocycles. The number of aliphatic hydroxyl groups is 1. The van der Waals surface area contributed by atoms with E-state index in [1.165, 1.54) is 0 Å². The Bertz CT molecular complexity index is 432. The quantitative estimate of drug-likeness (QED) is 0.921. The van der Waals surface area contributed by atoms with Gasteiger partial charge in [-0.2, -0.15) is 5.26 Å². The lowest BCUT2D eigenvalue weighted by Gasteiger charge is -2.34. The van der Waals surface area contributed by atoms with Crippen LogP contribution in [0.25, 0.3) is 0 Å². The van der Waals surface area contributed by atoms with Crippen molar-refractivity contribution in [3.63, 3.8) is 0 Å². The highest BCUT2D eigenvalue weighted by atomic mass is 35.5. The highest BCUT2D eigenvalue weighted by Crippen LogP contribution is 2.31. The zero-order chi connectivity index (χ0) is 13.7. The summed E-state index contributed by atoms with van der Waals surface area (Å²) in [6.45, 7) is 2.79. The van der Waals surface area contributed by atoms with Gasteiger partial charge in [-0.05, 0) is 49.5 Å². The zero-order valence-electron chi connectivity index (χ0n) is 10.9. The number of piperidine rings is 1. The summed E-state index contributed by atoms with van der Waals surface area (Å²) in [7, 11) is 0. The summed E-state index contributed by atoms with van der Waals surface area (Å²) in [4.78, 5) is 2.30. The first kappa shape index (κ1) is 14.3. The predicted octanol–water partition coefficient (Wildman–Crippen LogP) is 3.00. The van der Waals surface area contributed by atoms with Crippen molar-refractivity contribution in [2.45, 2.75) is 25.4 Å². The molecule has 4 heteroatoms. The summed E-state index contributed by atoms with van der Waals surface area (Å²) in [5.41, 5.74) is 0.944. The van der Waals surface area contributed by atoms with E-state index in [0.717, 1.165) is 38.0 Å². The normalized spacial score (nSPS) is 19.0. The third kappa shape index (κ3) is 3.94. The summed E-state index contributed by atoms with van der Waals surface area (Å²) in [6.07, 6.45) is 2.14. The van der Waals surface area contributed by atoms with Gasteiger partial charge in [-0.3, -0.25) is 0 Å². The highest BCUT2D eigenvalue weighted by Gasteiger charge is 2.25. The SMILES string of the molecule is N#CCCN1CCC([C@H](O)c2ccc(Cl)cc2)CC1. The molecule has 19 heavy (non-hydrogen) atoms. The van der Waals surface area contributed by atoms with Crippen LogP contribution in [0.4, 0.5) is 0 Å².